The number of anilines is 1. The third-order valence-electron chi connectivity index (χ3n) is 5.95. The Morgan fingerprint density at radius 2 is 1.90 bits per heavy atom. The van der Waals surface area contributed by atoms with E-state index in [2.05, 4.69) is 60.4 Å². The van der Waals surface area contributed by atoms with Crippen molar-refractivity contribution in [2.24, 2.45) is 0 Å². The molecule has 0 saturated carbocycles. The lowest BCUT2D eigenvalue weighted by molar-refractivity contribution is 0.0248. The molecule has 0 N–H and O–H groups in total. The van der Waals surface area contributed by atoms with Crippen LogP contribution < -0.4 is 4.90 Å². The average molecular weight is 393 g/mol. The van der Waals surface area contributed by atoms with Crippen molar-refractivity contribution in [2.45, 2.75) is 64.6 Å². The minimum absolute atomic E-state index is 0.186. The van der Waals surface area contributed by atoms with Gasteiger partial charge in [0.05, 0.1) is 0 Å². The minimum atomic E-state index is -0.466. The predicted octanol–water partition coefficient (Wildman–Crippen LogP) is 5.50. The van der Waals surface area contributed by atoms with Crippen LogP contribution in [0.25, 0.3) is 0 Å². The van der Waals surface area contributed by atoms with E-state index in [1.165, 1.54) is 22.4 Å². The standard InChI is InChI=1S/C25H32N2O2/c1-18-12-13-23-20(15-18)21-17-26(24(28)29-25(2,3)4)14-8-11-22(21)27(23)16-19-9-6-5-7-10-19/h5-7,9-10,12-13,15,21-22H,8,11,14,16-17H2,1-4H3/t21-,22-/m1/s1. The molecule has 2 aromatic rings. The maximum atomic E-state index is 12.8. The number of carbonyl (C=O) groups is 1. The molecule has 2 heterocycles. The molecule has 1 saturated heterocycles. The molecule has 2 aromatic carbocycles. The summed E-state index contributed by atoms with van der Waals surface area (Å²) in [6.07, 6.45) is 1.90. The van der Waals surface area contributed by atoms with E-state index in [-0.39, 0.29) is 6.09 Å². The Kier molecular flexibility index (Phi) is 5.28. The summed E-state index contributed by atoms with van der Waals surface area (Å²) in [5.41, 5.74) is 4.83. The lowest BCUT2D eigenvalue weighted by atomic mass is 9.92. The summed E-state index contributed by atoms with van der Waals surface area (Å²) >= 11 is 0. The summed E-state index contributed by atoms with van der Waals surface area (Å²) in [5.74, 6) is 0.323. The van der Waals surface area contributed by atoms with Gasteiger partial charge in [0.25, 0.3) is 0 Å². The van der Waals surface area contributed by atoms with Gasteiger partial charge in [0.15, 0.2) is 0 Å². The van der Waals surface area contributed by atoms with Crippen LogP contribution in [0.15, 0.2) is 48.5 Å². The van der Waals surface area contributed by atoms with Crippen molar-refractivity contribution in [3.05, 3.63) is 65.2 Å². The molecule has 4 rings (SSSR count). The first-order valence-electron chi connectivity index (χ1n) is 10.7. The number of hydrogen-bond donors (Lipinski definition) is 0. The highest BCUT2D eigenvalue weighted by atomic mass is 16.6. The highest BCUT2D eigenvalue weighted by molar-refractivity contribution is 5.69. The van der Waals surface area contributed by atoms with Crippen LogP contribution in [0, 0.1) is 6.92 Å². The van der Waals surface area contributed by atoms with E-state index in [4.69, 9.17) is 4.74 Å². The summed E-state index contributed by atoms with van der Waals surface area (Å²) in [6.45, 7) is 10.3. The van der Waals surface area contributed by atoms with Crippen molar-refractivity contribution in [2.75, 3.05) is 18.0 Å². The molecular weight excluding hydrogens is 360 g/mol. The van der Waals surface area contributed by atoms with Gasteiger partial charge in [-0.2, -0.15) is 0 Å². The minimum Gasteiger partial charge on any atom is -0.444 e. The first kappa shape index (κ1) is 19.8. The zero-order chi connectivity index (χ0) is 20.6. The third kappa shape index (κ3) is 4.26. The van der Waals surface area contributed by atoms with Crippen molar-refractivity contribution < 1.29 is 9.53 Å². The summed E-state index contributed by atoms with van der Waals surface area (Å²) in [6, 6.07) is 17.9. The molecule has 2 aliphatic rings. The van der Waals surface area contributed by atoms with Crippen molar-refractivity contribution in [3.63, 3.8) is 0 Å². The molecule has 0 unspecified atom stereocenters. The third-order valence-corrected chi connectivity index (χ3v) is 5.95. The van der Waals surface area contributed by atoms with Crippen LogP contribution in [0.1, 0.15) is 56.2 Å². The number of carbonyl (C=O) groups excluding carboxylic acids is 1. The smallest absolute Gasteiger partial charge is 0.410 e. The number of aryl methyl sites for hydroxylation is 1. The van der Waals surface area contributed by atoms with Gasteiger partial charge < -0.3 is 14.5 Å². The van der Waals surface area contributed by atoms with Crippen molar-refractivity contribution in [1.82, 2.24) is 4.90 Å². The number of rotatable bonds is 2. The first-order valence-corrected chi connectivity index (χ1v) is 10.7. The molecule has 0 radical (unpaired) electrons. The Balaban J connectivity index is 1.63. The summed E-state index contributed by atoms with van der Waals surface area (Å²) in [5, 5.41) is 0. The largest absolute Gasteiger partial charge is 0.444 e. The Labute approximate surface area is 174 Å². The van der Waals surface area contributed by atoms with E-state index in [1.54, 1.807) is 0 Å². The van der Waals surface area contributed by atoms with Crippen LogP contribution in [0.3, 0.4) is 0 Å². The van der Waals surface area contributed by atoms with E-state index in [9.17, 15) is 4.79 Å². The fourth-order valence-electron chi connectivity index (χ4n) is 4.71. The van der Waals surface area contributed by atoms with Crippen LogP contribution >= 0.6 is 0 Å². The molecule has 1 amide bonds. The van der Waals surface area contributed by atoms with Gasteiger partial charge in [-0.3, -0.25) is 0 Å². The van der Waals surface area contributed by atoms with E-state index in [0.717, 1.165) is 32.5 Å². The Morgan fingerprint density at radius 3 is 2.62 bits per heavy atom. The first-order chi connectivity index (χ1) is 13.8. The van der Waals surface area contributed by atoms with E-state index in [0.29, 0.717) is 12.0 Å². The van der Waals surface area contributed by atoms with Crippen LogP contribution in [-0.2, 0) is 11.3 Å². The van der Waals surface area contributed by atoms with Crippen LogP contribution in [0.4, 0.5) is 10.5 Å². The Morgan fingerprint density at radius 1 is 1.14 bits per heavy atom. The SMILES string of the molecule is Cc1ccc2c(c1)[C@H]1CN(C(=O)OC(C)(C)C)CCC[C@H]1N2Cc1ccccc1. The normalized spacial score (nSPS) is 21.4. The van der Waals surface area contributed by atoms with Crippen LogP contribution in [-0.4, -0.2) is 35.7 Å². The molecule has 2 aliphatic heterocycles. The number of ether oxygens (including phenoxy) is 1. The van der Waals surface area contributed by atoms with E-state index in [1.807, 2.05) is 25.7 Å². The molecule has 0 spiro atoms. The molecule has 0 aromatic heterocycles. The van der Waals surface area contributed by atoms with Crippen LogP contribution in [0.5, 0.6) is 0 Å². The van der Waals surface area contributed by atoms with Gasteiger partial charge in [0.1, 0.15) is 5.60 Å². The summed E-state index contributed by atoms with van der Waals surface area (Å²) < 4.78 is 5.69. The number of hydrogen-bond acceptors (Lipinski definition) is 3. The van der Waals surface area contributed by atoms with Gasteiger partial charge in [-0.05, 0) is 57.7 Å². The number of likely N-dealkylation sites (tertiary alicyclic amines) is 1. The van der Waals surface area contributed by atoms with Crippen molar-refractivity contribution >= 4 is 11.8 Å². The zero-order valence-corrected chi connectivity index (χ0v) is 18.0. The maximum Gasteiger partial charge on any atom is 0.410 e. The number of nitrogens with zero attached hydrogens (tertiary/aromatic N) is 2. The lowest BCUT2D eigenvalue weighted by Crippen LogP contribution is -2.40. The fourth-order valence-corrected chi connectivity index (χ4v) is 4.71. The number of amides is 1. The van der Waals surface area contributed by atoms with Gasteiger partial charge in [0, 0.05) is 37.3 Å². The quantitative estimate of drug-likeness (QED) is 0.677. The second kappa shape index (κ2) is 7.74. The zero-order valence-electron chi connectivity index (χ0n) is 18.0. The fraction of sp³-hybridized carbons (Fsp3) is 0.480. The van der Waals surface area contributed by atoms with Crippen molar-refractivity contribution in [1.29, 1.82) is 0 Å². The summed E-state index contributed by atoms with van der Waals surface area (Å²) in [7, 11) is 0. The van der Waals surface area contributed by atoms with Gasteiger partial charge >= 0.3 is 6.09 Å². The maximum absolute atomic E-state index is 12.8. The number of benzene rings is 2. The van der Waals surface area contributed by atoms with Gasteiger partial charge in [-0.25, -0.2) is 4.79 Å². The molecule has 29 heavy (non-hydrogen) atoms. The second-order valence-electron chi connectivity index (χ2n) is 9.42. The molecular formula is C25H32N2O2. The predicted molar refractivity (Wildman–Crippen MR) is 117 cm³/mol. The topological polar surface area (TPSA) is 32.8 Å². The highest BCUT2D eigenvalue weighted by Gasteiger charge is 2.41. The number of fused-ring (bicyclic) bond motifs is 3. The van der Waals surface area contributed by atoms with E-state index < -0.39 is 5.60 Å². The molecule has 0 bridgehead atoms. The Bertz CT molecular complexity index is 872. The van der Waals surface area contributed by atoms with Crippen LogP contribution in [0.2, 0.25) is 0 Å². The molecule has 4 heteroatoms. The van der Waals surface area contributed by atoms with Crippen molar-refractivity contribution in [3.8, 4) is 0 Å². The Hall–Kier alpha value is -2.49. The van der Waals surface area contributed by atoms with Gasteiger partial charge in [0.2, 0.25) is 0 Å². The molecule has 1 fully saturated rings. The average Bonchev–Trinajstić information content (AvgIpc) is 2.81. The lowest BCUT2D eigenvalue weighted by Gasteiger charge is -2.30. The molecule has 0 aliphatic carbocycles. The summed E-state index contributed by atoms with van der Waals surface area (Å²) in [4.78, 5) is 17.3. The van der Waals surface area contributed by atoms with Gasteiger partial charge in [-0.1, -0.05) is 48.0 Å². The molecule has 2 atom stereocenters. The molecule has 4 nitrogen and oxygen atoms in total. The monoisotopic (exact) mass is 392 g/mol. The van der Waals surface area contributed by atoms with E-state index >= 15 is 0 Å². The molecule has 154 valence electrons. The second-order valence-corrected chi connectivity index (χ2v) is 9.42. The van der Waals surface area contributed by atoms with Gasteiger partial charge in [-0.15, -0.1) is 0 Å². The highest BCUT2D eigenvalue weighted by Crippen LogP contribution is 2.45.